The first-order chi connectivity index (χ1) is 14.1. The van der Waals surface area contributed by atoms with Crippen molar-refractivity contribution in [2.45, 2.75) is 0 Å². The molecule has 0 saturated carbocycles. The lowest BCUT2D eigenvalue weighted by atomic mass is 10.1. The number of carbonyl (C=O) groups excluding carboxylic acids is 2. The molecule has 0 unspecified atom stereocenters. The summed E-state index contributed by atoms with van der Waals surface area (Å²) >= 11 is 0. The van der Waals surface area contributed by atoms with Crippen molar-refractivity contribution in [1.82, 2.24) is 0 Å². The van der Waals surface area contributed by atoms with Crippen LogP contribution in [0.25, 0.3) is 6.08 Å². The highest BCUT2D eigenvalue weighted by molar-refractivity contribution is 5.92. The molecule has 1 fully saturated rings. The lowest BCUT2D eigenvalue weighted by molar-refractivity contribution is -0.134. The van der Waals surface area contributed by atoms with Gasteiger partial charge in [0.1, 0.15) is 0 Å². The minimum absolute atomic E-state index is 0.296. The fraction of sp³-hybridized carbons (Fsp3) is 0.273. The van der Waals surface area contributed by atoms with Crippen molar-refractivity contribution in [2.24, 2.45) is 0 Å². The van der Waals surface area contributed by atoms with Crippen LogP contribution in [0.4, 0.5) is 5.69 Å². The zero-order chi connectivity index (χ0) is 20.6. The fourth-order valence-corrected chi connectivity index (χ4v) is 2.89. The molecular weight excluding hydrogens is 374 g/mol. The lowest BCUT2D eigenvalue weighted by Crippen LogP contribution is -2.36. The van der Waals surface area contributed by atoms with Crippen LogP contribution in [-0.4, -0.2) is 52.5 Å². The summed E-state index contributed by atoms with van der Waals surface area (Å²) in [6.45, 7) is 3.07. The van der Waals surface area contributed by atoms with Crippen molar-refractivity contribution in [3.05, 3.63) is 59.7 Å². The Morgan fingerprint density at radius 3 is 2.38 bits per heavy atom. The Bertz CT molecular complexity index is 885. The maximum absolute atomic E-state index is 12.5. The molecule has 0 aromatic heterocycles. The zero-order valence-electron chi connectivity index (χ0n) is 16.4. The van der Waals surface area contributed by atoms with Gasteiger partial charge < -0.3 is 23.8 Å². The number of benzene rings is 2. The van der Waals surface area contributed by atoms with E-state index in [4.69, 9.17) is 14.2 Å². The Labute approximate surface area is 169 Å². The molecule has 29 heavy (non-hydrogen) atoms. The second-order valence-corrected chi connectivity index (χ2v) is 6.30. The highest BCUT2D eigenvalue weighted by atomic mass is 16.6. The van der Waals surface area contributed by atoms with Crippen LogP contribution >= 0.6 is 0 Å². The van der Waals surface area contributed by atoms with Crippen molar-refractivity contribution in [2.75, 3.05) is 45.4 Å². The molecule has 2 aromatic rings. The number of ether oxygens (including phenoxy) is 4. The molecule has 0 radical (unpaired) electrons. The van der Waals surface area contributed by atoms with Gasteiger partial charge in [0.15, 0.2) is 11.5 Å². The first-order valence-corrected chi connectivity index (χ1v) is 9.19. The van der Waals surface area contributed by atoms with Crippen LogP contribution in [0, 0.1) is 0 Å². The summed E-state index contributed by atoms with van der Waals surface area (Å²) < 4.78 is 20.7. The number of anilines is 1. The molecule has 0 amide bonds. The summed E-state index contributed by atoms with van der Waals surface area (Å²) in [5, 5.41) is 0. The van der Waals surface area contributed by atoms with Gasteiger partial charge in [-0.25, -0.2) is 9.59 Å². The molecule has 1 saturated heterocycles. The van der Waals surface area contributed by atoms with Gasteiger partial charge in [-0.05, 0) is 48.0 Å². The first-order valence-electron chi connectivity index (χ1n) is 9.19. The standard InChI is InChI=1S/C22H23NO6/c1-26-20-15-16(4-10-21(24)27-2)3-9-19(20)29-22(25)17-5-7-18(8-6-17)23-11-13-28-14-12-23/h3-10,15H,11-14H2,1-2H3/b10-4+. The summed E-state index contributed by atoms with van der Waals surface area (Å²) in [7, 11) is 2.79. The Balaban J connectivity index is 1.69. The predicted molar refractivity (Wildman–Crippen MR) is 108 cm³/mol. The number of rotatable bonds is 6. The Hall–Kier alpha value is -3.32. The second kappa shape index (κ2) is 9.75. The fourth-order valence-electron chi connectivity index (χ4n) is 2.89. The summed E-state index contributed by atoms with van der Waals surface area (Å²) in [4.78, 5) is 25.9. The molecular formula is C22H23NO6. The molecule has 1 aliphatic rings. The molecule has 0 spiro atoms. The molecule has 7 nitrogen and oxygen atoms in total. The third-order valence-electron chi connectivity index (χ3n) is 4.48. The monoisotopic (exact) mass is 397 g/mol. The molecule has 3 rings (SSSR count). The van der Waals surface area contributed by atoms with E-state index in [9.17, 15) is 9.59 Å². The van der Waals surface area contributed by atoms with E-state index >= 15 is 0 Å². The number of hydrogen-bond acceptors (Lipinski definition) is 7. The number of methoxy groups -OCH3 is 2. The van der Waals surface area contributed by atoms with Gasteiger partial charge in [0.2, 0.25) is 0 Å². The first kappa shape index (κ1) is 20.4. The van der Waals surface area contributed by atoms with E-state index in [0.29, 0.717) is 35.8 Å². The molecule has 1 aliphatic heterocycles. The lowest BCUT2D eigenvalue weighted by Gasteiger charge is -2.28. The smallest absolute Gasteiger partial charge is 0.343 e. The van der Waals surface area contributed by atoms with Crippen LogP contribution in [0.15, 0.2) is 48.5 Å². The normalized spacial score (nSPS) is 13.9. The molecule has 1 heterocycles. The van der Waals surface area contributed by atoms with Gasteiger partial charge in [0, 0.05) is 24.9 Å². The summed E-state index contributed by atoms with van der Waals surface area (Å²) in [5.41, 5.74) is 2.20. The zero-order valence-corrected chi connectivity index (χ0v) is 16.4. The second-order valence-electron chi connectivity index (χ2n) is 6.30. The van der Waals surface area contributed by atoms with Crippen LogP contribution in [0.2, 0.25) is 0 Å². The van der Waals surface area contributed by atoms with Crippen molar-refractivity contribution < 1.29 is 28.5 Å². The van der Waals surface area contributed by atoms with Crippen LogP contribution in [-0.2, 0) is 14.3 Å². The highest BCUT2D eigenvalue weighted by Crippen LogP contribution is 2.29. The number of morpholine rings is 1. The maximum Gasteiger partial charge on any atom is 0.343 e. The van der Waals surface area contributed by atoms with E-state index < -0.39 is 11.9 Å². The Morgan fingerprint density at radius 2 is 1.72 bits per heavy atom. The molecule has 2 aromatic carbocycles. The van der Waals surface area contributed by atoms with E-state index in [0.717, 1.165) is 18.8 Å². The van der Waals surface area contributed by atoms with Gasteiger partial charge in [0.25, 0.3) is 0 Å². The van der Waals surface area contributed by atoms with E-state index in [1.165, 1.54) is 20.3 Å². The molecule has 0 aliphatic carbocycles. The third kappa shape index (κ3) is 5.36. The number of hydrogen-bond donors (Lipinski definition) is 0. The average molecular weight is 397 g/mol. The average Bonchev–Trinajstić information content (AvgIpc) is 2.78. The largest absolute Gasteiger partial charge is 0.493 e. The maximum atomic E-state index is 12.5. The van der Waals surface area contributed by atoms with Gasteiger partial charge in [-0.3, -0.25) is 0 Å². The summed E-state index contributed by atoms with van der Waals surface area (Å²) in [5.74, 6) is -0.255. The van der Waals surface area contributed by atoms with Crippen molar-refractivity contribution in [1.29, 1.82) is 0 Å². The van der Waals surface area contributed by atoms with Gasteiger partial charge in [0.05, 0.1) is 33.0 Å². The van der Waals surface area contributed by atoms with Gasteiger partial charge in [-0.1, -0.05) is 6.07 Å². The predicted octanol–water partition coefficient (Wildman–Crippen LogP) is 2.94. The van der Waals surface area contributed by atoms with E-state index in [-0.39, 0.29) is 0 Å². The number of nitrogens with zero attached hydrogens (tertiary/aromatic N) is 1. The topological polar surface area (TPSA) is 74.3 Å². The molecule has 0 bridgehead atoms. The van der Waals surface area contributed by atoms with Crippen molar-refractivity contribution in [3.63, 3.8) is 0 Å². The van der Waals surface area contributed by atoms with Crippen LogP contribution < -0.4 is 14.4 Å². The van der Waals surface area contributed by atoms with Crippen molar-refractivity contribution >= 4 is 23.7 Å². The molecule has 0 atom stereocenters. The third-order valence-corrected chi connectivity index (χ3v) is 4.48. The van der Waals surface area contributed by atoms with Gasteiger partial charge >= 0.3 is 11.9 Å². The van der Waals surface area contributed by atoms with E-state index in [2.05, 4.69) is 9.64 Å². The SMILES string of the molecule is COC(=O)/C=C/c1ccc(OC(=O)c2ccc(N3CCOCC3)cc2)c(OC)c1. The van der Waals surface area contributed by atoms with Crippen LogP contribution in [0.5, 0.6) is 11.5 Å². The number of carbonyl (C=O) groups is 2. The molecule has 0 N–H and O–H groups in total. The minimum atomic E-state index is -0.477. The highest BCUT2D eigenvalue weighted by Gasteiger charge is 2.15. The Morgan fingerprint density at radius 1 is 1.00 bits per heavy atom. The van der Waals surface area contributed by atoms with Crippen molar-refractivity contribution in [3.8, 4) is 11.5 Å². The number of esters is 2. The van der Waals surface area contributed by atoms with Crippen LogP contribution in [0.3, 0.4) is 0 Å². The quantitative estimate of drug-likeness (QED) is 0.421. The van der Waals surface area contributed by atoms with E-state index in [1.807, 2.05) is 12.1 Å². The molecule has 152 valence electrons. The Kier molecular flexibility index (Phi) is 6.86. The summed E-state index contributed by atoms with van der Waals surface area (Å²) in [6, 6.07) is 12.3. The molecule has 7 heteroatoms. The van der Waals surface area contributed by atoms with Gasteiger partial charge in [-0.15, -0.1) is 0 Å². The summed E-state index contributed by atoms with van der Waals surface area (Å²) in [6.07, 6.45) is 2.89. The van der Waals surface area contributed by atoms with Gasteiger partial charge in [-0.2, -0.15) is 0 Å². The van der Waals surface area contributed by atoms with E-state index in [1.54, 1.807) is 36.4 Å². The van der Waals surface area contributed by atoms with Crippen LogP contribution in [0.1, 0.15) is 15.9 Å². The minimum Gasteiger partial charge on any atom is -0.493 e.